The molecule has 0 aromatic heterocycles. The van der Waals surface area contributed by atoms with Gasteiger partial charge in [-0.05, 0) is 47.9 Å². The lowest BCUT2D eigenvalue weighted by molar-refractivity contribution is 0.177. The van der Waals surface area contributed by atoms with Crippen LogP contribution in [0.1, 0.15) is 30.6 Å². The van der Waals surface area contributed by atoms with Crippen molar-refractivity contribution in [1.82, 2.24) is 0 Å². The summed E-state index contributed by atoms with van der Waals surface area (Å²) >= 11 is 6.03. The second-order valence-corrected chi connectivity index (χ2v) is 5.28. The topological polar surface area (TPSA) is 29.5 Å². The van der Waals surface area contributed by atoms with Crippen molar-refractivity contribution in [1.29, 1.82) is 0 Å². The molecule has 0 fully saturated rings. The van der Waals surface area contributed by atoms with Crippen LogP contribution in [0.5, 0.6) is 5.75 Å². The Bertz CT molecular complexity index is 601. The van der Waals surface area contributed by atoms with Gasteiger partial charge in [0, 0.05) is 11.4 Å². The maximum Gasteiger partial charge on any atom is 0.123 e. The zero-order valence-electron chi connectivity index (χ0n) is 11.9. The average molecular weight is 309 g/mol. The molecule has 0 bridgehead atoms. The third-order valence-corrected chi connectivity index (χ3v) is 3.51. The van der Waals surface area contributed by atoms with Crippen LogP contribution >= 0.6 is 11.6 Å². The predicted molar refractivity (Wildman–Crippen MR) is 82.3 cm³/mol. The van der Waals surface area contributed by atoms with Gasteiger partial charge >= 0.3 is 0 Å². The van der Waals surface area contributed by atoms with Gasteiger partial charge in [0.2, 0.25) is 0 Å². The predicted octanol–water partition coefficient (Wildman–Crippen LogP) is 4.54. The van der Waals surface area contributed by atoms with Crippen LogP contribution in [0.25, 0.3) is 0 Å². The van der Waals surface area contributed by atoms with E-state index in [9.17, 15) is 9.50 Å². The minimum Gasteiger partial charge on any atom is -0.494 e. The SMILES string of the molecule is CCCOc1cccc(C(O)Cc2cc(F)ccc2Cl)c1. The molecule has 0 amide bonds. The van der Waals surface area contributed by atoms with Gasteiger partial charge in [0.15, 0.2) is 0 Å². The molecule has 2 nitrogen and oxygen atoms in total. The fraction of sp³-hybridized carbons (Fsp3) is 0.294. The summed E-state index contributed by atoms with van der Waals surface area (Å²) in [5.74, 6) is 0.361. The Morgan fingerprint density at radius 1 is 1.24 bits per heavy atom. The molecule has 0 aliphatic carbocycles. The van der Waals surface area contributed by atoms with Gasteiger partial charge in [-0.15, -0.1) is 0 Å². The number of aliphatic hydroxyl groups is 1. The van der Waals surface area contributed by atoms with Gasteiger partial charge in [-0.2, -0.15) is 0 Å². The highest BCUT2D eigenvalue weighted by Gasteiger charge is 2.12. The molecule has 1 unspecified atom stereocenters. The molecule has 0 aliphatic heterocycles. The maximum absolute atomic E-state index is 13.2. The summed E-state index contributed by atoms with van der Waals surface area (Å²) in [5, 5.41) is 10.8. The standard InChI is InChI=1S/C17H18ClFO2/c1-2-8-21-15-5-3-4-12(10-15)17(20)11-13-9-14(19)6-7-16(13)18/h3-7,9-10,17,20H,2,8,11H2,1H3. The Morgan fingerprint density at radius 2 is 2.05 bits per heavy atom. The number of hydrogen-bond donors (Lipinski definition) is 1. The average Bonchev–Trinajstić information content (AvgIpc) is 2.49. The minimum absolute atomic E-state index is 0.258. The van der Waals surface area contributed by atoms with Crippen molar-refractivity contribution in [2.45, 2.75) is 25.9 Å². The Balaban J connectivity index is 2.12. The Kier molecular flexibility index (Phi) is 5.59. The smallest absolute Gasteiger partial charge is 0.123 e. The molecule has 2 rings (SSSR count). The summed E-state index contributed by atoms with van der Waals surface area (Å²) in [6, 6.07) is 11.4. The van der Waals surface area contributed by atoms with E-state index in [4.69, 9.17) is 16.3 Å². The number of hydrogen-bond acceptors (Lipinski definition) is 2. The molecular formula is C17H18ClFO2. The summed E-state index contributed by atoms with van der Waals surface area (Å²) in [4.78, 5) is 0. The molecule has 1 N–H and O–H groups in total. The van der Waals surface area contributed by atoms with Gasteiger partial charge in [0.05, 0.1) is 12.7 Å². The molecule has 0 heterocycles. The molecule has 2 aromatic carbocycles. The van der Waals surface area contributed by atoms with Gasteiger partial charge in [0.25, 0.3) is 0 Å². The molecule has 0 saturated carbocycles. The molecule has 1 atom stereocenters. The van der Waals surface area contributed by atoms with Crippen molar-refractivity contribution in [3.05, 3.63) is 64.4 Å². The van der Waals surface area contributed by atoms with Crippen LogP contribution in [-0.4, -0.2) is 11.7 Å². The van der Waals surface area contributed by atoms with Crippen LogP contribution in [0.3, 0.4) is 0 Å². The fourth-order valence-electron chi connectivity index (χ4n) is 2.06. The highest BCUT2D eigenvalue weighted by molar-refractivity contribution is 6.31. The second-order valence-electron chi connectivity index (χ2n) is 4.88. The molecule has 0 saturated heterocycles. The number of halogens is 2. The van der Waals surface area contributed by atoms with Crippen molar-refractivity contribution >= 4 is 11.6 Å². The highest BCUT2D eigenvalue weighted by atomic mass is 35.5. The van der Waals surface area contributed by atoms with Crippen molar-refractivity contribution in [2.24, 2.45) is 0 Å². The zero-order valence-corrected chi connectivity index (χ0v) is 12.6. The third kappa shape index (κ3) is 4.45. The van der Waals surface area contributed by atoms with Crippen molar-refractivity contribution in [3.63, 3.8) is 0 Å². The van der Waals surface area contributed by atoms with Crippen molar-refractivity contribution in [2.75, 3.05) is 6.61 Å². The van der Waals surface area contributed by atoms with E-state index in [1.165, 1.54) is 18.2 Å². The van der Waals surface area contributed by atoms with Gasteiger partial charge in [0.1, 0.15) is 11.6 Å². The van der Waals surface area contributed by atoms with Crippen LogP contribution in [0.4, 0.5) is 4.39 Å². The highest BCUT2D eigenvalue weighted by Crippen LogP contribution is 2.26. The molecule has 0 aliphatic rings. The molecule has 0 spiro atoms. The molecule has 0 radical (unpaired) electrons. The molecular weight excluding hydrogens is 291 g/mol. The normalized spacial score (nSPS) is 12.2. The number of ether oxygens (including phenoxy) is 1. The van der Waals surface area contributed by atoms with E-state index in [0.717, 1.165) is 17.7 Å². The number of rotatable bonds is 6. The van der Waals surface area contributed by atoms with Crippen molar-refractivity contribution in [3.8, 4) is 5.75 Å². The second kappa shape index (κ2) is 7.43. The Morgan fingerprint density at radius 3 is 2.81 bits per heavy atom. The lowest BCUT2D eigenvalue weighted by Crippen LogP contribution is -2.04. The third-order valence-electron chi connectivity index (χ3n) is 3.14. The number of benzene rings is 2. The summed E-state index contributed by atoms with van der Waals surface area (Å²) in [5.41, 5.74) is 1.31. The monoisotopic (exact) mass is 308 g/mol. The van der Waals surface area contributed by atoms with E-state index in [2.05, 4.69) is 0 Å². The first-order valence-electron chi connectivity index (χ1n) is 6.95. The van der Waals surface area contributed by atoms with Crippen LogP contribution < -0.4 is 4.74 Å². The van der Waals surface area contributed by atoms with Gasteiger partial charge in [-0.1, -0.05) is 30.7 Å². The molecule has 21 heavy (non-hydrogen) atoms. The van der Waals surface area contributed by atoms with E-state index in [0.29, 0.717) is 17.2 Å². The summed E-state index contributed by atoms with van der Waals surface area (Å²) in [6.45, 7) is 2.67. The van der Waals surface area contributed by atoms with Crippen molar-refractivity contribution < 1.29 is 14.2 Å². The summed E-state index contributed by atoms with van der Waals surface area (Å²) in [7, 11) is 0. The van der Waals surface area contributed by atoms with E-state index in [1.54, 1.807) is 6.07 Å². The van der Waals surface area contributed by atoms with Gasteiger partial charge in [-0.25, -0.2) is 4.39 Å². The quantitative estimate of drug-likeness (QED) is 0.848. The van der Waals surface area contributed by atoms with Crippen LogP contribution in [0.15, 0.2) is 42.5 Å². The zero-order chi connectivity index (χ0) is 15.2. The van der Waals surface area contributed by atoms with Gasteiger partial charge in [-0.3, -0.25) is 0 Å². The minimum atomic E-state index is -0.755. The summed E-state index contributed by atoms with van der Waals surface area (Å²) in [6.07, 6.45) is 0.425. The maximum atomic E-state index is 13.2. The molecule has 4 heteroatoms. The van der Waals surface area contributed by atoms with Crippen LogP contribution in [-0.2, 0) is 6.42 Å². The first kappa shape index (κ1) is 15.8. The Labute approximate surface area is 129 Å². The van der Waals surface area contributed by atoms with Crippen LogP contribution in [0.2, 0.25) is 5.02 Å². The lowest BCUT2D eigenvalue weighted by Gasteiger charge is -2.14. The molecule has 112 valence electrons. The first-order chi connectivity index (χ1) is 10.1. The molecule has 2 aromatic rings. The fourth-order valence-corrected chi connectivity index (χ4v) is 2.25. The van der Waals surface area contributed by atoms with Gasteiger partial charge < -0.3 is 9.84 Å². The van der Waals surface area contributed by atoms with E-state index in [-0.39, 0.29) is 12.2 Å². The Hall–Kier alpha value is -1.58. The summed E-state index contributed by atoms with van der Waals surface area (Å²) < 4.78 is 18.8. The van der Waals surface area contributed by atoms with Crippen LogP contribution in [0, 0.1) is 5.82 Å². The largest absolute Gasteiger partial charge is 0.494 e. The van der Waals surface area contributed by atoms with E-state index < -0.39 is 6.10 Å². The first-order valence-corrected chi connectivity index (χ1v) is 7.32. The lowest BCUT2D eigenvalue weighted by atomic mass is 10.0. The number of aliphatic hydroxyl groups excluding tert-OH is 1. The van der Waals surface area contributed by atoms with E-state index in [1.807, 2.05) is 25.1 Å². The van der Waals surface area contributed by atoms with E-state index >= 15 is 0 Å².